The maximum atomic E-state index is 12.3. The van der Waals surface area contributed by atoms with E-state index >= 15 is 0 Å². The van der Waals surface area contributed by atoms with Crippen molar-refractivity contribution in [2.45, 2.75) is 25.7 Å². The molecule has 1 fully saturated rings. The number of oxazole rings is 1. The van der Waals surface area contributed by atoms with Crippen LogP contribution in [0.2, 0.25) is 0 Å². The molecular formula is C17H18N2O4. The summed E-state index contributed by atoms with van der Waals surface area (Å²) in [5.41, 5.74) is 1.48. The average molecular weight is 314 g/mol. The summed E-state index contributed by atoms with van der Waals surface area (Å²) < 4.78 is 5.25. The van der Waals surface area contributed by atoms with Crippen molar-refractivity contribution in [2.75, 3.05) is 5.32 Å². The molecule has 0 radical (unpaired) electrons. The third-order valence-corrected chi connectivity index (χ3v) is 4.26. The number of anilines is 1. The number of hydrogen-bond acceptors (Lipinski definition) is 4. The molecule has 1 aromatic heterocycles. The highest BCUT2D eigenvalue weighted by atomic mass is 16.4. The normalized spacial score (nSPS) is 20.9. The minimum atomic E-state index is -0.762. The molecule has 0 aliphatic heterocycles. The predicted molar refractivity (Wildman–Crippen MR) is 83.7 cm³/mol. The lowest BCUT2D eigenvalue weighted by atomic mass is 9.81. The SMILES string of the molecule is O=C(O)C1CCC(C(=O)Nc2cccc(-c3ncco3)c2)CC1. The summed E-state index contributed by atoms with van der Waals surface area (Å²) in [6, 6.07) is 7.32. The molecule has 1 amide bonds. The quantitative estimate of drug-likeness (QED) is 0.904. The van der Waals surface area contributed by atoms with Crippen molar-refractivity contribution in [3.63, 3.8) is 0 Å². The van der Waals surface area contributed by atoms with Crippen LogP contribution >= 0.6 is 0 Å². The number of aliphatic carboxylic acids is 1. The topological polar surface area (TPSA) is 92.4 Å². The van der Waals surface area contributed by atoms with E-state index < -0.39 is 5.97 Å². The van der Waals surface area contributed by atoms with Crippen LogP contribution < -0.4 is 5.32 Å². The van der Waals surface area contributed by atoms with Crippen molar-refractivity contribution in [1.29, 1.82) is 0 Å². The van der Waals surface area contributed by atoms with Gasteiger partial charge in [0.2, 0.25) is 11.8 Å². The third kappa shape index (κ3) is 3.59. The summed E-state index contributed by atoms with van der Waals surface area (Å²) in [5, 5.41) is 11.9. The van der Waals surface area contributed by atoms with Gasteiger partial charge in [-0.3, -0.25) is 9.59 Å². The molecule has 1 aromatic carbocycles. The Bertz CT molecular complexity index is 688. The summed E-state index contributed by atoms with van der Waals surface area (Å²) in [5.74, 6) is -0.757. The van der Waals surface area contributed by atoms with Gasteiger partial charge in [0.1, 0.15) is 6.26 Å². The highest BCUT2D eigenvalue weighted by Gasteiger charge is 2.29. The van der Waals surface area contributed by atoms with Crippen molar-refractivity contribution in [1.82, 2.24) is 4.98 Å². The van der Waals surface area contributed by atoms with E-state index in [0.29, 0.717) is 37.3 Å². The van der Waals surface area contributed by atoms with E-state index in [9.17, 15) is 9.59 Å². The molecule has 0 bridgehead atoms. The Kier molecular flexibility index (Phi) is 4.41. The highest BCUT2D eigenvalue weighted by molar-refractivity contribution is 5.93. The Morgan fingerprint density at radius 3 is 2.57 bits per heavy atom. The van der Waals surface area contributed by atoms with E-state index in [0.717, 1.165) is 5.56 Å². The van der Waals surface area contributed by atoms with E-state index in [1.165, 1.54) is 6.26 Å². The van der Waals surface area contributed by atoms with Crippen LogP contribution in [0.3, 0.4) is 0 Å². The second-order valence-electron chi connectivity index (χ2n) is 5.79. The lowest BCUT2D eigenvalue weighted by Gasteiger charge is -2.25. The van der Waals surface area contributed by atoms with Crippen molar-refractivity contribution in [2.24, 2.45) is 11.8 Å². The fraction of sp³-hybridized carbons (Fsp3) is 0.353. The monoisotopic (exact) mass is 314 g/mol. The zero-order chi connectivity index (χ0) is 16.2. The number of aromatic nitrogens is 1. The van der Waals surface area contributed by atoms with E-state index in [4.69, 9.17) is 9.52 Å². The Morgan fingerprint density at radius 1 is 1.17 bits per heavy atom. The molecule has 0 atom stereocenters. The van der Waals surface area contributed by atoms with Crippen LogP contribution in [0.4, 0.5) is 5.69 Å². The molecule has 0 saturated heterocycles. The maximum Gasteiger partial charge on any atom is 0.306 e. The van der Waals surface area contributed by atoms with Crippen LogP contribution in [-0.4, -0.2) is 22.0 Å². The van der Waals surface area contributed by atoms with Gasteiger partial charge in [-0.2, -0.15) is 0 Å². The molecule has 3 rings (SSSR count). The number of carboxylic acid groups (broad SMARTS) is 1. The van der Waals surface area contributed by atoms with Crippen LogP contribution in [0.15, 0.2) is 41.1 Å². The molecule has 0 spiro atoms. The summed E-state index contributed by atoms with van der Waals surface area (Å²) in [7, 11) is 0. The lowest BCUT2D eigenvalue weighted by Crippen LogP contribution is -2.29. The van der Waals surface area contributed by atoms with Gasteiger partial charge in [0.05, 0.1) is 12.1 Å². The minimum Gasteiger partial charge on any atom is -0.481 e. The Balaban J connectivity index is 1.62. The van der Waals surface area contributed by atoms with Gasteiger partial charge in [-0.25, -0.2) is 4.98 Å². The van der Waals surface area contributed by atoms with Crippen LogP contribution in [-0.2, 0) is 9.59 Å². The molecule has 1 saturated carbocycles. The van der Waals surface area contributed by atoms with Crippen LogP contribution in [0, 0.1) is 11.8 Å². The van der Waals surface area contributed by atoms with E-state index in [1.54, 1.807) is 6.20 Å². The fourth-order valence-electron chi connectivity index (χ4n) is 2.94. The van der Waals surface area contributed by atoms with E-state index in [-0.39, 0.29) is 17.7 Å². The molecule has 23 heavy (non-hydrogen) atoms. The van der Waals surface area contributed by atoms with Crippen molar-refractivity contribution in [3.8, 4) is 11.5 Å². The molecule has 2 aromatic rings. The van der Waals surface area contributed by atoms with Crippen LogP contribution in [0.5, 0.6) is 0 Å². The number of rotatable bonds is 4. The number of nitrogens with one attached hydrogen (secondary N) is 1. The van der Waals surface area contributed by atoms with E-state index in [1.807, 2.05) is 24.3 Å². The van der Waals surface area contributed by atoms with Gasteiger partial charge >= 0.3 is 5.97 Å². The predicted octanol–water partition coefficient (Wildman–Crippen LogP) is 3.17. The van der Waals surface area contributed by atoms with Crippen LogP contribution in [0.25, 0.3) is 11.5 Å². The highest BCUT2D eigenvalue weighted by Crippen LogP contribution is 2.30. The smallest absolute Gasteiger partial charge is 0.306 e. The molecule has 6 heteroatoms. The van der Waals surface area contributed by atoms with Crippen LogP contribution in [0.1, 0.15) is 25.7 Å². The Labute approximate surface area is 133 Å². The molecule has 1 aliphatic carbocycles. The average Bonchev–Trinajstić information content (AvgIpc) is 3.10. The zero-order valence-corrected chi connectivity index (χ0v) is 12.6. The number of carboxylic acids is 1. The summed E-state index contributed by atoms with van der Waals surface area (Å²) in [6.45, 7) is 0. The molecule has 1 heterocycles. The standard InChI is InChI=1S/C17H18N2O4/c20-15(11-4-6-12(7-5-11)17(21)22)19-14-3-1-2-13(10-14)16-18-8-9-23-16/h1-3,8-12H,4-7H2,(H,19,20)(H,21,22). The Morgan fingerprint density at radius 2 is 1.91 bits per heavy atom. The molecule has 120 valence electrons. The second-order valence-corrected chi connectivity index (χ2v) is 5.79. The number of carbonyl (C=O) groups is 2. The van der Waals surface area contributed by atoms with Gasteiger partial charge < -0.3 is 14.8 Å². The minimum absolute atomic E-state index is 0.0570. The summed E-state index contributed by atoms with van der Waals surface area (Å²) in [4.78, 5) is 27.4. The lowest BCUT2D eigenvalue weighted by molar-refractivity contribution is -0.143. The van der Waals surface area contributed by atoms with Gasteiger partial charge in [-0.1, -0.05) is 6.07 Å². The Hall–Kier alpha value is -2.63. The van der Waals surface area contributed by atoms with Crippen molar-refractivity contribution in [3.05, 3.63) is 36.7 Å². The molecule has 0 unspecified atom stereocenters. The van der Waals surface area contributed by atoms with E-state index in [2.05, 4.69) is 10.3 Å². The zero-order valence-electron chi connectivity index (χ0n) is 12.6. The summed E-state index contributed by atoms with van der Waals surface area (Å²) in [6.07, 6.45) is 5.42. The summed E-state index contributed by atoms with van der Waals surface area (Å²) >= 11 is 0. The number of carbonyl (C=O) groups excluding carboxylic acids is 1. The largest absolute Gasteiger partial charge is 0.481 e. The first-order valence-corrected chi connectivity index (χ1v) is 7.67. The van der Waals surface area contributed by atoms with Gasteiger partial charge in [-0.05, 0) is 43.9 Å². The first-order chi connectivity index (χ1) is 11.1. The number of nitrogens with zero attached hydrogens (tertiary/aromatic N) is 1. The molecule has 2 N–H and O–H groups in total. The molecular weight excluding hydrogens is 296 g/mol. The fourth-order valence-corrected chi connectivity index (χ4v) is 2.94. The number of hydrogen-bond donors (Lipinski definition) is 2. The first-order valence-electron chi connectivity index (χ1n) is 7.67. The van der Waals surface area contributed by atoms with Crippen molar-refractivity contribution >= 4 is 17.6 Å². The van der Waals surface area contributed by atoms with Gasteiger partial charge in [0.15, 0.2) is 0 Å². The molecule has 6 nitrogen and oxygen atoms in total. The maximum absolute atomic E-state index is 12.3. The first kappa shape index (κ1) is 15.3. The van der Waals surface area contributed by atoms with Gasteiger partial charge in [-0.15, -0.1) is 0 Å². The molecule has 1 aliphatic rings. The third-order valence-electron chi connectivity index (χ3n) is 4.26. The number of amides is 1. The number of benzene rings is 1. The van der Waals surface area contributed by atoms with Crippen molar-refractivity contribution < 1.29 is 19.1 Å². The van der Waals surface area contributed by atoms with Gasteiger partial charge in [0, 0.05) is 17.2 Å². The van der Waals surface area contributed by atoms with Gasteiger partial charge in [0.25, 0.3) is 0 Å². The second kappa shape index (κ2) is 6.64.